The molecule has 1 atom stereocenters. The van der Waals surface area contributed by atoms with Gasteiger partial charge in [-0.2, -0.15) is 0 Å². The van der Waals surface area contributed by atoms with Crippen molar-refractivity contribution in [2.24, 2.45) is 0 Å². The number of ketones is 1. The zero-order valence-electron chi connectivity index (χ0n) is 19.9. The van der Waals surface area contributed by atoms with E-state index in [1.54, 1.807) is 55.6 Å². The lowest BCUT2D eigenvalue weighted by Crippen LogP contribution is -2.29. The van der Waals surface area contributed by atoms with Gasteiger partial charge in [0.05, 0.1) is 18.7 Å². The third kappa shape index (κ3) is 4.68. The van der Waals surface area contributed by atoms with Gasteiger partial charge in [0.25, 0.3) is 11.7 Å². The Bertz CT molecular complexity index is 1260. The SMILES string of the molecule is CCN(CC)c1ccc(C2/C(=C(\O)c3ccc(Br)cc3)C(=O)C(=O)N2c2cccc(OC)c2)cc1. The molecule has 0 radical (unpaired) electrons. The fourth-order valence-corrected chi connectivity index (χ4v) is 4.66. The van der Waals surface area contributed by atoms with Crippen LogP contribution in [0.1, 0.15) is 31.0 Å². The maximum absolute atomic E-state index is 13.3. The van der Waals surface area contributed by atoms with E-state index in [-0.39, 0.29) is 11.3 Å². The van der Waals surface area contributed by atoms with E-state index in [2.05, 4.69) is 34.7 Å². The van der Waals surface area contributed by atoms with Crippen LogP contribution >= 0.6 is 15.9 Å². The van der Waals surface area contributed by atoms with Crippen LogP contribution < -0.4 is 14.5 Å². The summed E-state index contributed by atoms with van der Waals surface area (Å²) in [5.41, 5.74) is 2.79. The predicted octanol–water partition coefficient (Wildman–Crippen LogP) is 5.93. The third-order valence-corrected chi connectivity index (χ3v) is 6.76. The van der Waals surface area contributed by atoms with Crippen LogP contribution in [0.25, 0.3) is 5.76 Å². The fourth-order valence-electron chi connectivity index (χ4n) is 4.39. The second kappa shape index (κ2) is 10.4. The summed E-state index contributed by atoms with van der Waals surface area (Å²) in [7, 11) is 1.55. The number of anilines is 2. The van der Waals surface area contributed by atoms with Crippen LogP contribution in [0.4, 0.5) is 11.4 Å². The lowest BCUT2D eigenvalue weighted by atomic mass is 9.95. The molecular weight excluding hydrogens is 508 g/mol. The van der Waals surface area contributed by atoms with E-state index in [0.717, 1.165) is 28.8 Å². The number of nitrogens with zero attached hydrogens (tertiary/aromatic N) is 2. The quantitative estimate of drug-likeness (QED) is 0.231. The Morgan fingerprint density at radius 3 is 2.26 bits per heavy atom. The van der Waals surface area contributed by atoms with Crippen molar-refractivity contribution in [1.82, 2.24) is 0 Å². The molecule has 0 aliphatic carbocycles. The number of benzene rings is 3. The highest BCUT2D eigenvalue weighted by molar-refractivity contribution is 9.10. The average Bonchev–Trinajstić information content (AvgIpc) is 3.15. The number of amides is 1. The Balaban J connectivity index is 1.90. The maximum atomic E-state index is 13.3. The van der Waals surface area contributed by atoms with Crippen molar-refractivity contribution in [1.29, 1.82) is 0 Å². The molecule has 1 heterocycles. The van der Waals surface area contributed by atoms with Gasteiger partial charge in [-0.05, 0) is 55.8 Å². The van der Waals surface area contributed by atoms with Crippen molar-refractivity contribution in [2.45, 2.75) is 19.9 Å². The van der Waals surface area contributed by atoms with Crippen LogP contribution in [-0.4, -0.2) is 37.0 Å². The molecule has 3 aromatic rings. The molecule has 1 aliphatic heterocycles. The second-order valence-corrected chi connectivity index (χ2v) is 9.06. The Kier molecular flexibility index (Phi) is 7.26. The molecule has 35 heavy (non-hydrogen) atoms. The van der Waals surface area contributed by atoms with E-state index in [4.69, 9.17) is 4.74 Å². The molecule has 4 rings (SSSR count). The zero-order chi connectivity index (χ0) is 25.1. The van der Waals surface area contributed by atoms with Crippen LogP contribution in [0.3, 0.4) is 0 Å². The number of carbonyl (C=O) groups excluding carboxylic acids is 2. The van der Waals surface area contributed by atoms with Gasteiger partial charge in [-0.1, -0.05) is 46.3 Å². The van der Waals surface area contributed by atoms with Crippen molar-refractivity contribution in [3.63, 3.8) is 0 Å². The standard InChI is InChI=1S/C28H27BrN2O4/c1-4-30(5-2)21-15-11-18(12-16-21)25-24(26(32)19-9-13-20(29)14-10-19)27(33)28(34)31(25)22-7-6-8-23(17-22)35-3/h6-17,25,32H,4-5H2,1-3H3/b26-24+. The maximum Gasteiger partial charge on any atom is 0.300 e. The normalized spacial score (nSPS) is 17.0. The first-order valence-electron chi connectivity index (χ1n) is 11.5. The van der Waals surface area contributed by atoms with Crippen LogP contribution in [0.5, 0.6) is 5.75 Å². The van der Waals surface area contributed by atoms with Crippen molar-refractivity contribution in [3.05, 3.63) is 94.0 Å². The first-order valence-corrected chi connectivity index (χ1v) is 12.2. The highest BCUT2D eigenvalue weighted by Gasteiger charge is 2.47. The summed E-state index contributed by atoms with van der Waals surface area (Å²) in [6, 6.07) is 21.0. The molecule has 180 valence electrons. The first kappa shape index (κ1) is 24.5. The minimum absolute atomic E-state index is 0.0516. The molecule has 1 saturated heterocycles. The second-order valence-electron chi connectivity index (χ2n) is 8.14. The number of halogens is 1. The summed E-state index contributed by atoms with van der Waals surface area (Å²) in [6.45, 7) is 5.91. The number of hydrogen-bond donors (Lipinski definition) is 1. The molecular formula is C28H27BrN2O4. The van der Waals surface area contributed by atoms with Gasteiger partial charge in [0.1, 0.15) is 11.5 Å². The molecule has 0 aromatic heterocycles. The highest BCUT2D eigenvalue weighted by atomic mass is 79.9. The average molecular weight is 535 g/mol. The Hall–Kier alpha value is -3.58. The van der Waals surface area contributed by atoms with Crippen molar-refractivity contribution in [3.8, 4) is 5.75 Å². The fraction of sp³-hybridized carbons (Fsp3) is 0.214. The van der Waals surface area contributed by atoms with E-state index in [0.29, 0.717) is 17.0 Å². The number of hydrogen-bond acceptors (Lipinski definition) is 5. The number of aliphatic hydroxyl groups is 1. The molecule has 1 N–H and O–H groups in total. The van der Waals surface area contributed by atoms with Gasteiger partial charge >= 0.3 is 0 Å². The van der Waals surface area contributed by atoms with Crippen molar-refractivity contribution >= 4 is 44.8 Å². The van der Waals surface area contributed by atoms with Crippen LogP contribution in [0.15, 0.2) is 82.8 Å². The van der Waals surface area contributed by atoms with Gasteiger partial charge in [-0.25, -0.2) is 0 Å². The summed E-state index contributed by atoms with van der Waals surface area (Å²) in [4.78, 5) is 30.3. The van der Waals surface area contributed by atoms with Gasteiger partial charge < -0.3 is 14.7 Å². The summed E-state index contributed by atoms with van der Waals surface area (Å²) in [5, 5.41) is 11.2. The largest absolute Gasteiger partial charge is 0.507 e. The van der Waals surface area contributed by atoms with Gasteiger partial charge in [0, 0.05) is 40.6 Å². The minimum atomic E-state index is -0.795. The zero-order valence-corrected chi connectivity index (χ0v) is 21.5. The Morgan fingerprint density at radius 1 is 1.00 bits per heavy atom. The van der Waals surface area contributed by atoms with Crippen LogP contribution in [0, 0.1) is 0 Å². The van der Waals surface area contributed by atoms with Gasteiger partial charge in [0.15, 0.2) is 0 Å². The van der Waals surface area contributed by atoms with Crippen LogP contribution in [0.2, 0.25) is 0 Å². The van der Waals surface area contributed by atoms with Gasteiger partial charge in [-0.3, -0.25) is 14.5 Å². The molecule has 1 unspecified atom stereocenters. The van der Waals surface area contributed by atoms with E-state index < -0.39 is 17.7 Å². The van der Waals surface area contributed by atoms with Crippen molar-refractivity contribution < 1.29 is 19.4 Å². The monoisotopic (exact) mass is 534 g/mol. The third-order valence-electron chi connectivity index (χ3n) is 6.23. The Morgan fingerprint density at radius 2 is 1.66 bits per heavy atom. The first-order chi connectivity index (χ1) is 16.9. The van der Waals surface area contributed by atoms with E-state index >= 15 is 0 Å². The number of Topliss-reactive ketones (excluding diaryl/α,β-unsaturated/α-hetero) is 1. The lowest BCUT2D eigenvalue weighted by molar-refractivity contribution is -0.132. The molecule has 0 spiro atoms. The molecule has 7 heteroatoms. The summed E-state index contributed by atoms with van der Waals surface area (Å²) in [5.74, 6) is -1.08. The summed E-state index contributed by atoms with van der Waals surface area (Å²) >= 11 is 3.39. The van der Waals surface area contributed by atoms with Gasteiger partial charge in [0.2, 0.25) is 0 Å². The molecule has 1 aliphatic rings. The highest BCUT2D eigenvalue weighted by Crippen LogP contribution is 2.43. The molecule has 1 amide bonds. The minimum Gasteiger partial charge on any atom is -0.507 e. The number of aliphatic hydroxyl groups excluding tert-OH is 1. The smallest absolute Gasteiger partial charge is 0.300 e. The van der Waals surface area contributed by atoms with Gasteiger partial charge in [-0.15, -0.1) is 0 Å². The number of methoxy groups -OCH3 is 1. The summed E-state index contributed by atoms with van der Waals surface area (Å²) < 4.78 is 6.19. The molecule has 0 saturated carbocycles. The van der Waals surface area contributed by atoms with E-state index in [1.165, 1.54) is 4.90 Å². The molecule has 6 nitrogen and oxygen atoms in total. The molecule has 0 bridgehead atoms. The van der Waals surface area contributed by atoms with Crippen LogP contribution in [-0.2, 0) is 9.59 Å². The molecule has 3 aromatic carbocycles. The molecule has 1 fully saturated rings. The van der Waals surface area contributed by atoms with Crippen molar-refractivity contribution in [2.75, 3.05) is 30.0 Å². The topological polar surface area (TPSA) is 70.1 Å². The summed E-state index contributed by atoms with van der Waals surface area (Å²) in [6.07, 6.45) is 0. The lowest BCUT2D eigenvalue weighted by Gasteiger charge is -2.27. The predicted molar refractivity (Wildman–Crippen MR) is 142 cm³/mol. The number of ether oxygens (including phenoxy) is 1. The van der Waals surface area contributed by atoms with E-state index in [9.17, 15) is 14.7 Å². The Labute approximate surface area is 213 Å². The van der Waals surface area contributed by atoms with E-state index in [1.807, 2.05) is 24.3 Å². The number of rotatable bonds is 7. The number of carbonyl (C=O) groups is 2.